The lowest BCUT2D eigenvalue weighted by Crippen LogP contribution is -2.37. The maximum absolute atomic E-state index is 12.5. The summed E-state index contributed by atoms with van der Waals surface area (Å²) < 4.78 is 37.5. The third-order valence-electron chi connectivity index (χ3n) is 3.68. The van der Waals surface area contributed by atoms with Crippen molar-refractivity contribution >= 4 is 23.4 Å². The average Bonchev–Trinajstić information content (AvgIpc) is 2.80. The minimum Gasteiger partial charge on any atom is -0.325 e. The number of rotatable bonds is 3. The van der Waals surface area contributed by atoms with Gasteiger partial charge in [0.25, 0.3) is 11.8 Å². The highest BCUT2D eigenvalue weighted by Crippen LogP contribution is 2.29. The van der Waals surface area contributed by atoms with Gasteiger partial charge in [0, 0.05) is 5.69 Å². The number of carbonyl (C=O) groups excluding carboxylic acids is 3. The van der Waals surface area contributed by atoms with Gasteiger partial charge in [-0.15, -0.1) is 0 Å². The topological polar surface area (TPSA) is 66.5 Å². The van der Waals surface area contributed by atoms with Crippen LogP contribution in [0.1, 0.15) is 26.3 Å². The van der Waals surface area contributed by atoms with E-state index in [4.69, 9.17) is 0 Å². The van der Waals surface area contributed by atoms with Crippen molar-refractivity contribution in [2.75, 3.05) is 11.9 Å². The number of carbonyl (C=O) groups is 3. The summed E-state index contributed by atoms with van der Waals surface area (Å²) in [7, 11) is 0. The molecule has 1 aliphatic heterocycles. The standard InChI is InChI=1S/C17H11F3N2O3/c18-17(19,20)10-5-7-11(8-6-10)21-14(23)9-22-15(24)12-3-1-2-4-13(12)16(22)25/h1-8H,9H2,(H,21,23). The first kappa shape index (κ1) is 16.7. The van der Waals surface area contributed by atoms with Crippen LogP contribution in [0.15, 0.2) is 48.5 Å². The molecule has 2 aromatic carbocycles. The van der Waals surface area contributed by atoms with Gasteiger partial charge in [0.2, 0.25) is 5.91 Å². The Labute approximate surface area is 140 Å². The molecule has 1 heterocycles. The molecule has 5 nitrogen and oxygen atoms in total. The van der Waals surface area contributed by atoms with Crippen molar-refractivity contribution in [2.45, 2.75) is 6.18 Å². The van der Waals surface area contributed by atoms with Crippen molar-refractivity contribution in [1.29, 1.82) is 0 Å². The zero-order valence-electron chi connectivity index (χ0n) is 12.6. The van der Waals surface area contributed by atoms with E-state index in [1.54, 1.807) is 12.1 Å². The lowest BCUT2D eigenvalue weighted by Gasteiger charge is -2.14. The smallest absolute Gasteiger partial charge is 0.325 e. The Kier molecular flexibility index (Phi) is 4.03. The highest BCUT2D eigenvalue weighted by atomic mass is 19.4. The van der Waals surface area contributed by atoms with Gasteiger partial charge in [-0.3, -0.25) is 19.3 Å². The lowest BCUT2D eigenvalue weighted by molar-refractivity contribution is -0.137. The molecular formula is C17H11F3N2O3. The molecule has 0 radical (unpaired) electrons. The van der Waals surface area contributed by atoms with Crippen molar-refractivity contribution in [3.63, 3.8) is 0 Å². The van der Waals surface area contributed by atoms with Crippen molar-refractivity contribution in [3.8, 4) is 0 Å². The fourth-order valence-corrected chi connectivity index (χ4v) is 2.47. The Morgan fingerprint density at radius 3 is 1.92 bits per heavy atom. The number of halogens is 3. The van der Waals surface area contributed by atoms with E-state index < -0.39 is 36.0 Å². The number of nitrogens with zero attached hydrogens (tertiary/aromatic N) is 1. The van der Waals surface area contributed by atoms with Crippen molar-refractivity contribution in [2.24, 2.45) is 0 Å². The maximum atomic E-state index is 12.5. The van der Waals surface area contributed by atoms with Gasteiger partial charge >= 0.3 is 6.18 Å². The Morgan fingerprint density at radius 1 is 0.920 bits per heavy atom. The minimum absolute atomic E-state index is 0.134. The molecule has 128 valence electrons. The summed E-state index contributed by atoms with van der Waals surface area (Å²) in [4.78, 5) is 37.1. The monoisotopic (exact) mass is 348 g/mol. The summed E-state index contributed by atoms with van der Waals surface area (Å²) in [6.45, 7) is -0.520. The van der Waals surface area contributed by atoms with Crippen molar-refractivity contribution in [1.82, 2.24) is 4.90 Å². The Bertz CT molecular complexity index is 825. The van der Waals surface area contributed by atoms with Crippen LogP contribution in [0, 0.1) is 0 Å². The molecular weight excluding hydrogens is 337 g/mol. The molecule has 2 aromatic rings. The number of hydrogen-bond donors (Lipinski definition) is 1. The van der Waals surface area contributed by atoms with Gasteiger partial charge in [0.15, 0.2) is 0 Å². The number of anilines is 1. The summed E-state index contributed by atoms with van der Waals surface area (Å²) >= 11 is 0. The predicted octanol–water partition coefficient (Wildman–Crippen LogP) is 2.94. The Balaban J connectivity index is 1.68. The molecule has 3 amide bonds. The van der Waals surface area contributed by atoms with Gasteiger partial charge in [-0.2, -0.15) is 13.2 Å². The molecule has 0 aromatic heterocycles. The summed E-state index contributed by atoms with van der Waals surface area (Å²) in [5, 5.41) is 2.36. The molecule has 0 bridgehead atoms. The normalized spacial score (nSPS) is 13.8. The third-order valence-corrected chi connectivity index (χ3v) is 3.68. The van der Waals surface area contributed by atoms with E-state index in [-0.39, 0.29) is 16.8 Å². The average molecular weight is 348 g/mol. The number of imide groups is 1. The first-order valence-corrected chi connectivity index (χ1v) is 7.20. The highest BCUT2D eigenvalue weighted by molar-refractivity contribution is 6.22. The van der Waals surface area contributed by atoms with Crippen LogP contribution in [0.3, 0.4) is 0 Å². The van der Waals surface area contributed by atoms with Crippen LogP contribution in [0.2, 0.25) is 0 Å². The molecule has 0 atom stereocenters. The van der Waals surface area contributed by atoms with E-state index >= 15 is 0 Å². The summed E-state index contributed by atoms with van der Waals surface area (Å²) in [6.07, 6.45) is -4.47. The molecule has 0 spiro atoms. The van der Waals surface area contributed by atoms with Crippen LogP contribution >= 0.6 is 0 Å². The number of amides is 3. The van der Waals surface area contributed by atoms with Crippen LogP contribution in [0.5, 0.6) is 0 Å². The second-order valence-corrected chi connectivity index (χ2v) is 5.37. The van der Waals surface area contributed by atoms with Gasteiger partial charge in [-0.05, 0) is 36.4 Å². The molecule has 3 rings (SSSR count). The molecule has 0 unspecified atom stereocenters. The summed E-state index contributed by atoms with van der Waals surface area (Å²) in [5.41, 5.74) is -0.273. The third kappa shape index (κ3) is 3.23. The molecule has 1 aliphatic rings. The van der Waals surface area contributed by atoms with Gasteiger partial charge < -0.3 is 5.32 Å². The first-order valence-electron chi connectivity index (χ1n) is 7.20. The van der Waals surface area contributed by atoms with Crippen LogP contribution < -0.4 is 5.32 Å². The fraction of sp³-hybridized carbons (Fsp3) is 0.118. The predicted molar refractivity (Wildman–Crippen MR) is 81.9 cm³/mol. The number of nitrogens with one attached hydrogen (secondary N) is 1. The second kappa shape index (κ2) is 6.04. The van der Waals surface area contributed by atoms with Gasteiger partial charge in [0.05, 0.1) is 16.7 Å². The van der Waals surface area contributed by atoms with E-state index in [9.17, 15) is 27.6 Å². The Hall–Kier alpha value is -3.16. The van der Waals surface area contributed by atoms with E-state index in [0.29, 0.717) is 0 Å². The van der Waals surface area contributed by atoms with Crippen LogP contribution in [-0.4, -0.2) is 29.2 Å². The largest absolute Gasteiger partial charge is 0.416 e. The maximum Gasteiger partial charge on any atom is 0.416 e. The first-order chi connectivity index (χ1) is 11.8. The van der Waals surface area contributed by atoms with Crippen LogP contribution in [-0.2, 0) is 11.0 Å². The molecule has 0 aliphatic carbocycles. The van der Waals surface area contributed by atoms with Crippen molar-refractivity contribution in [3.05, 3.63) is 65.2 Å². The van der Waals surface area contributed by atoms with Crippen LogP contribution in [0.25, 0.3) is 0 Å². The summed E-state index contributed by atoms with van der Waals surface area (Å²) in [6, 6.07) is 10.1. The van der Waals surface area contributed by atoms with E-state index in [0.717, 1.165) is 29.2 Å². The summed E-state index contributed by atoms with van der Waals surface area (Å²) in [5.74, 6) is -1.85. The second-order valence-electron chi connectivity index (χ2n) is 5.37. The minimum atomic E-state index is -4.47. The van der Waals surface area contributed by atoms with E-state index in [1.807, 2.05) is 0 Å². The molecule has 25 heavy (non-hydrogen) atoms. The van der Waals surface area contributed by atoms with E-state index in [1.165, 1.54) is 12.1 Å². The SMILES string of the molecule is O=C(CN1C(=O)c2ccccc2C1=O)Nc1ccc(C(F)(F)F)cc1. The lowest BCUT2D eigenvalue weighted by atomic mass is 10.1. The number of benzene rings is 2. The van der Waals surface area contributed by atoms with Crippen molar-refractivity contribution < 1.29 is 27.6 Å². The fourth-order valence-electron chi connectivity index (χ4n) is 2.47. The number of alkyl halides is 3. The van der Waals surface area contributed by atoms with Crippen LogP contribution in [0.4, 0.5) is 18.9 Å². The zero-order chi connectivity index (χ0) is 18.2. The Morgan fingerprint density at radius 2 is 1.44 bits per heavy atom. The van der Waals surface area contributed by atoms with Gasteiger partial charge in [-0.1, -0.05) is 12.1 Å². The molecule has 0 saturated carbocycles. The number of fused-ring (bicyclic) bond motifs is 1. The van der Waals surface area contributed by atoms with Gasteiger partial charge in [0.1, 0.15) is 6.54 Å². The molecule has 8 heteroatoms. The van der Waals surface area contributed by atoms with E-state index in [2.05, 4.69) is 5.32 Å². The zero-order valence-corrected chi connectivity index (χ0v) is 12.6. The number of hydrogen-bond acceptors (Lipinski definition) is 3. The van der Waals surface area contributed by atoms with Gasteiger partial charge in [-0.25, -0.2) is 0 Å². The highest BCUT2D eigenvalue weighted by Gasteiger charge is 2.36. The quantitative estimate of drug-likeness (QED) is 0.868. The molecule has 1 N–H and O–H groups in total. The molecule has 0 saturated heterocycles. The molecule has 0 fully saturated rings.